The number of hydrogen-bond donors (Lipinski definition) is 3. The van der Waals surface area contributed by atoms with Crippen LogP contribution in [-0.2, 0) is 0 Å². The molecule has 0 aromatic carbocycles. The number of anilines is 3. The molecule has 1 unspecified atom stereocenters. The predicted molar refractivity (Wildman–Crippen MR) is 79.6 cm³/mol. The topological polar surface area (TPSA) is 100 Å². The van der Waals surface area contributed by atoms with Gasteiger partial charge < -0.3 is 21.1 Å². The van der Waals surface area contributed by atoms with Crippen molar-refractivity contribution in [2.75, 3.05) is 35.6 Å². The molecule has 1 atom stereocenters. The third-order valence-electron chi connectivity index (χ3n) is 3.60. The van der Waals surface area contributed by atoms with Gasteiger partial charge in [-0.2, -0.15) is 15.0 Å². The second-order valence-corrected chi connectivity index (χ2v) is 5.54. The molecule has 1 aromatic heterocycles. The molecular formula is C13H24N6O. The van der Waals surface area contributed by atoms with Gasteiger partial charge in [0, 0.05) is 13.1 Å². The van der Waals surface area contributed by atoms with E-state index in [1.807, 2.05) is 13.8 Å². The lowest BCUT2D eigenvalue weighted by Gasteiger charge is -2.27. The molecule has 2 rings (SSSR count). The van der Waals surface area contributed by atoms with Gasteiger partial charge in [0.2, 0.25) is 17.8 Å². The van der Waals surface area contributed by atoms with Crippen LogP contribution in [0.25, 0.3) is 0 Å². The number of aromatic nitrogens is 3. The SMILES string of the molecule is CC(C)C(CO)Nc1nc(N)nc(N2CCCCC2)n1. The van der Waals surface area contributed by atoms with Gasteiger partial charge in [0.25, 0.3) is 0 Å². The molecule has 1 aliphatic rings. The van der Waals surface area contributed by atoms with Crippen LogP contribution in [0.5, 0.6) is 0 Å². The molecule has 4 N–H and O–H groups in total. The van der Waals surface area contributed by atoms with E-state index in [1.54, 1.807) is 0 Å². The predicted octanol–water partition coefficient (Wildman–Crippen LogP) is 0.873. The monoisotopic (exact) mass is 280 g/mol. The Morgan fingerprint density at radius 2 is 1.90 bits per heavy atom. The molecule has 7 nitrogen and oxygen atoms in total. The molecule has 112 valence electrons. The van der Waals surface area contributed by atoms with Crippen molar-refractivity contribution in [2.24, 2.45) is 5.92 Å². The summed E-state index contributed by atoms with van der Waals surface area (Å²) >= 11 is 0. The zero-order valence-electron chi connectivity index (χ0n) is 12.2. The number of nitrogens with zero attached hydrogens (tertiary/aromatic N) is 4. The lowest BCUT2D eigenvalue weighted by molar-refractivity contribution is 0.248. The minimum absolute atomic E-state index is 0.0301. The second-order valence-electron chi connectivity index (χ2n) is 5.54. The van der Waals surface area contributed by atoms with Gasteiger partial charge in [-0.05, 0) is 25.2 Å². The average molecular weight is 280 g/mol. The van der Waals surface area contributed by atoms with Gasteiger partial charge in [0.05, 0.1) is 12.6 Å². The first-order chi connectivity index (χ1) is 9.60. The van der Waals surface area contributed by atoms with Crippen molar-refractivity contribution in [2.45, 2.75) is 39.2 Å². The Morgan fingerprint density at radius 1 is 1.20 bits per heavy atom. The Bertz CT molecular complexity index is 433. The van der Waals surface area contributed by atoms with E-state index in [0.717, 1.165) is 25.9 Å². The first-order valence-electron chi connectivity index (χ1n) is 7.24. The maximum atomic E-state index is 9.37. The van der Waals surface area contributed by atoms with Gasteiger partial charge >= 0.3 is 0 Å². The fourth-order valence-electron chi connectivity index (χ4n) is 2.27. The first-order valence-corrected chi connectivity index (χ1v) is 7.24. The summed E-state index contributed by atoms with van der Waals surface area (Å²) < 4.78 is 0. The van der Waals surface area contributed by atoms with Crippen LogP contribution in [-0.4, -0.2) is 45.8 Å². The smallest absolute Gasteiger partial charge is 0.231 e. The summed E-state index contributed by atoms with van der Waals surface area (Å²) in [4.78, 5) is 14.9. The minimum atomic E-state index is -0.0917. The quantitative estimate of drug-likeness (QED) is 0.736. The summed E-state index contributed by atoms with van der Waals surface area (Å²) in [6.07, 6.45) is 3.56. The number of piperidine rings is 1. The van der Waals surface area contributed by atoms with Crippen molar-refractivity contribution in [3.63, 3.8) is 0 Å². The highest BCUT2D eigenvalue weighted by atomic mass is 16.3. The molecule has 1 saturated heterocycles. The van der Waals surface area contributed by atoms with E-state index in [2.05, 4.69) is 25.2 Å². The highest BCUT2D eigenvalue weighted by Crippen LogP contribution is 2.18. The van der Waals surface area contributed by atoms with Crippen molar-refractivity contribution in [3.05, 3.63) is 0 Å². The summed E-state index contributed by atoms with van der Waals surface area (Å²) in [5, 5.41) is 12.5. The molecule has 7 heteroatoms. The number of aliphatic hydroxyl groups is 1. The fraction of sp³-hybridized carbons (Fsp3) is 0.769. The lowest BCUT2D eigenvalue weighted by Crippen LogP contribution is -2.33. The van der Waals surface area contributed by atoms with Crippen LogP contribution in [0, 0.1) is 5.92 Å². The molecule has 2 heterocycles. The largest absolute Gasteiger partial charge is 0.394 e. The third-order valence-corrected chi connectivity index (χ3v) is 3.60. The molecule has 20 heavy (non-hydrogen) atoms. The van der Waals surface area contributed by atoms with E-state index in [9.17, 15) is 5.11 Å². The Hall–Kier alpha value is -1.63. The summed E-state index contributed by atoms with van der Waals surface area (Å²) in [5.74, 6) is 1.55. The van der Waals surface area contributed by atoms with E-state index in [4.69, 9.17) is 5.73 Å². The maximum absolute atomic E-state index is 9.37. The van der Waals surface area contributed by atoms with E-state index in [0.29, 0.717) is 11.9 Å². The number of rotatable bonds is 5. The Labute approximate surface area is 119 Å². The van der Waals surface area contributed by atoms with E-state index in [-0.39, 0.29) is 24.5 Å². The molecule has 1 fully saturated rings. The van der Waals surface area contributed by atoms with Crippen molar-refractivity contribution < 1.29 is 5.11 Å². The van der Waals surface area contributed by atoms with Crippen molar-refractivity contribution in [1.82, 2.24) is 15.0 Å². The summed E-state index contributed by atoms with van der Waals surface area (Å²) in [7, 11) is 0. The molecule has 0 amide bonds. The lowest BCUT2D eigenvalue weighted by atomic mass is 10.1. The van der Waals surface area contributed by atoms with Crippen LogP contribution in [0.15, 0.2) is 0 Å². The van der Waals surface area contributed by atoms with Gasteiger partial charge in [-0.1, -0.05) is 13.8 Å². The number of aliphatic hydroxyl groups excluding tert-OH is 1. The Balaban J connectivity index is 2.15. The van der Waals surface area contributed by atoms with Gasteiger partial charge in [-0.15, -0.1) is 0 Å². The van der Waals surface area contributed by atoms with Crippen LogP contribution >= 0.6 is 0 Å². The highest BCUT2D eigenvalue weighted by molar-refractivity contribution is 5.42. The number of nitrogens with two attached hydrogens (primary N) is 1. The number of hydrogen-bond acceptors (Lipinski definition) is 7. The van der Waals surface area contributed by atoms with Crippen LogP contribution in [0.4, 0.5) is 17.8 Å². The summed E-state index contributed by atoms with van der Waals surface area (Å²) in [6.45, 7) is 6.00. The van der Waals surface area contributed by atoms with E-state index < -0.39 is 0 Å². The average Bonchev–Trinajstić information content (AvgIpc) is 2.45. The summed E-state index contributed by atoms with van der Waals surface area (Å²) in [5.41, 5.74) is 5.77. The van der Waals surface area contributed by atoms with Crippen LogP contribution in [0.2, 0.25) is 0 Å². The molecule has 1 aliphatic heterocycles. The zero-order chi connectivity index (χ0) is 14.5. The molecule has 0 radical (unpaired) electrons. The summed E-state index contributed by atoms with van der Waals surface area (Å²) in [6, 6.07) is -0.0917. The second kappa shape index (κ2) is 6.69. The van der Waals surface area contributed by atoms with Gasteiger partial charge in [0.1, 0.15) is 0 Å². The molecule has 0 aliphatic carbocycles. The molecule has 0 bridgehead atoms. The number of nitrogens with one attached hydrogen (secondary N) is 1. The third kappa shape index (κ3) is 3.69. The van der Waals surface area contributed by atoms with Crippen LogP contribution in [0.1, 0.15) is 33.1 Å². The number of nitrogen functional groups attached to an aromatic ring is 1. The minimum Gasteiger partial charge on any atom is -0.394 e. The maximum Gasteiger partial charge on any atom is 0.231 e. The zero-order valence-corrected chi connectivity index (χ0v) is 12.2. The van der Waals surface area contributed by atoms with Crippen LogP contribution in [0.3, 0.4) is 0 Å². The normalized spacial score (nSPS) is 17.3. The van der Waals surface area contributed by atoms with Gasteiger partial charge in [-0.25, -0.2) is 0 Å². The van der Waals surface area contributed by atoms with Crippen molar-refractivity contribution >= 4 is 17.8 Å². The Morgan fingerprint density at radius 3 is 2.50 bits per heavy atom. The van der Waals surface area contributed by atoms with Gasteiger partial charge in [0.15, 0.2) is 0 Å². The molecular weight excluding hydrogens is 256 g/mol. The Kier molecular flexibility index (Phi) is 4.94. The van der Waals surface area contributed by atoms with Crippen LogP contribution < -0.4 is 16.0 Å². The van der Waals surface area contributed by atoms with Crippen molar-refractivity contribution in [3.8, 4) is 0 Å². The van der Waals surface area contributed by atoms with Gasteiger partial charge in [-0.3, -0.25) is 0 Å². The van der Waals surface area contributed by atoms with E-state index >= 15 is 0 Å². The molecule has 1 aromatic rings. The fourth-order valence-corrected chi connectivity index (χ4v) is 2.27. The molecule has 0 spiro atoms. The van der Waals surface area contributed by atoms with Crippen molar-refractivity contribution in [1.29, 1.82) is 0 Å². The standard InChI is InChI=1S/C13H24N6O/c1-9(2)10(8-20)15-12-16-11(14)17-13(18-12)19-6-4-3-5-7-19/h9-10,20H,3-8H2,1-2H3,(H3,14,15,16,17,18). The molecule has 0 saturated carbocycles. The van der Waals surface area contributed by atoms with E-state index in [1.165, 1.54) is 6.42 Å². The first kappa shape index (κ1) is 14.8. The highest BCUT2D eigenvalue weighted by Gasteiger charge is 2.18.